The van der Waals surface area contributed by atoms with E-state index in [9.17, 15) is 9.90 Å². The van der Waals surface area contributed by atoms with E-state index in [0.29, 0.717) is 19.6 Å². The van der Waals surface area contributed by atoms with E-state index in [1.807, 2.05) is 60.4 Å². The van der Waals surface area contributed by atoms with Gasteiger partial charge in [-0.3, -0.25) is 15.0 Å². The highest BCUT2D eigenvalue weighted by Crippen LogP contribution is 2.37. The molecular weight excluding hydrogens is 388 g/mol. The number of methoxy groups -OCH3 is 1. The molecule has 0 aliphatic rings. The van der Waals surface area contributed by atoms with Crippen molar-refractivity contribution in [3.8, 4) is 5.75 Å². The number of carbonyl (C=O) groups is 1. The Morgan fingerprint density at radius 2 is 1.42 bits per heavy atom. The molecule has 0 amide bonds. The predicted molar refractivity (Wildman–Crippen MR) is 124 cm³/mol. The highest BCUT2D eigenvalue weighted by atomic mass is 16.5. The summed E-state index contributed by atoms with van der Waals surface area (Å²) in [6, 6.07) is 28.8. The highest BCUT2D eigenvalue weighted by molar-refractivity contribution is 5.69. The molecule has 3 aromatic carbocycles. The fraction of sp³-hybridized carbons (Fsp3) is 0.269. The maximum atomic E-state index is 11.2. The smallest absolute Gasteiger partial charge is 0.317 e. The Morgan fingerprint density at radius 1 is 0.903 bits per heavy atom. The first kappa shape index (κ1) is 22.5. The monoisotopic (exact) mass is 418 g/mol. The van der Waals surface area contributed by atoms with Crippen LogP contribution in [-0.4, -0.2) is 49.3 Å². The van der Waals surface area contributed by atoms with Gasteiger partial charge < -0.3 is 9.84 Å². The first-order chi connectivity index (χ1) is 15.1. The van der Waals surface area contributed by atoms with Crippen LogP contribution in [0.3, 0.4) is 0 Å². The Kier molecular flexibility index (Phi) is 7.82. The van der Waals surface area contributed by atoms with Gasteiger partial charge in [0, 0.05) is 13.1 Å². The fourth-order valence-electron chi connectivity index (χ4n) is 3.97. The van der Waals surface area contributed by atoms with E-state index in [1.165, 1.54) is 0 Å². The van der Waals surface area contributed by atoms with Gasteiger partial charge in [0.15, 0.2) is 0 Å². The van der Waals surface area contributed by atoms with Crippen LogP contribution in [0.25, 0.3) is 0 Å². The summed E-state index contributed by atoms with van der Waals surface area (Å²) in [5, 5.41) is 13.0. The van der Waals surface area contributed by atoms with Crippen LogP contribution in [0.1, 0.15) is 23.6 Å². The van der Waals surface area contributed by atoms with E-state index in [0.717, 1.165) is 22.4 Å². The van der Waals surface area contributed by atoms with Gasteiger partial charge in [-0.2, -0.15) is 0 Å². The van der Waals surface area contributed by atoms with Gasteiger partial charge in [-0.05, 0) is 35.4 Å². The minimum Gasteiger partial charge on any atom is -0.497 e. The Hall–Kier alpha value is -3.15. The van der Waals surface area contributed by atoms with Crippen molar-refractivity contribution < 1.29 is 14.6 Å². The number of nitrogens with zero attached hydrogens (tertiary/aromatic N) is 1. The first-order valence-corrected chi connectivity index (χ1v) is 10.5. The summed E-state index contributed by atoms with van der Waals surface area (Å²) in [6.45, 7) is 3.94. The van der Waals surface area contributed by atoms with Gasteiger partial charge in [0.2, 0.25) is 0 Å². The number of hydrogen-bond acceptors (Lipinski definition) is 4. The molecule has 0 aliphatic carbocycles. The van der Waals surface area contributed by atoms with Gasteiger partial charge in [0.1, 0.15) is 5.75 Å². The number of hydrogen-bond donors (Lipinski definition) is 2. The van der Waals surface area contributed by atoms with Crippen LogP contribution in [0.5, 0.6) is 5.75 Å². The Labute approximate surface area is 184 Å². The standard InChI is InChI=1S/C26H30N2O3/c1-3-28(20-25(29)30)19-18-27-26(21-10-6-4-7-11-21,22-12-8-5-9-13-22)23-14-16-24(31-2)17-15-23/h4-17,27H,3,18-20H2,1-2H3,(H,29,30). The fourth-order valence-corrected chi connectivity index (χ4v) is 3.97. The number of aliphatic carboxylic acids is 1. The van der Waals surface area contributed by atoms with Gasteiger partial charge in [-0.25, -0.2) is 0 Å². The molecule has 0 spiro atoms. The van der Waals surface area contributed by atoms with E-state index in [1.54, 1.807) is 7.11 Å². The SMILES string of the molecule is CCN(CCNC(c1ccccc1)(c1ccccc1)c1ccc(OC)cc1)CC(=O)O. The molecule has 0 bridgehead atoms. The number of nitrogens with one attached hydrogen (secondary N) is 1. The lowest BCUT2D eigenvalue weighted by molar-refractivity contribution is -0.138. The summed E-state index contributed by atoms with van der Waals surface area (Å²) >= 11 is 0. The molecule has 0 aliphatic heterocycles. The van der Waals surface area contributed by atoms with Crippen molar-refractivity contribution in [1.82, 2.24) is 10.2 Å². The third-order valence-corrected chi connectivity index (χ3v) is 5.56. The summed E-state index contributed by atoms with van der Waals surface area (Å²) in [4.78, 5) is 13.1. The number of benzene rings is 3. The molecule has 0 radical (unpaired) electrons. The number of carboxylic acid groups (broad SMARTS) is 1. The van der Waals surface area contributed by atoms with Crippen molar-refractivity contribution in [3.05, 3.63) is 102 Å². The molecule has 3 aromatic rings. The quantitative estimate of drug-likeness (QED) is 0.461. The zero-order valence-electron chi connectivity index (χ0n) is 18.1. The Morgan fingerprint density at radius 3 is 1.87 bits per heavy atom. The summed E-state index contributed by atoms with van der Waals surface area (Å²) < 4.78 is 5.37. The van der Waals surface area contributed by atoms with Crippen molar-refractivity contribution in [1.29, 1.82) is 0 Å². The second kappa shape index (κ2) is 10.8. The van der Waals surface area contributed by atoms with Crippen molar-refractivity contribution in [2.75, 3.05) is 33.3 Å². The van der Waals surface area contributed by atoms with Crippen molar-refractivity contribution >= 4 is 5.97 Å². The molecule has 3 rings (SSSR count). The summed E-state index contributed by atoms with van der Waals surface area (Å²) in [6.07, 6.45) is 0. The van der Waals surface area contributed by atoms with Gasteiger partial charge in [0.25, 0.3) is 0 Å². The molecule has 0 saturated carbocycles. The zero-order valence-corrected chi connectivity index (χ0v) is 18.1. The number of ether oxygens (including phenoxy) is 1. The molecule has 0 unspecified atom stereocenters. The molecule has 5 heteroatoms. The molecule has 162 valence electrons. The third kappa shape index (κ3) is 5.32. The molecule has 0 saturated heterocycles. The van der Waals surface area contributed by atoms with Crippen LogP contribution in [0, 0.1) is 0 Å². The first-order valence-electron chi connectivity index (χ1n) is 10.5. The minimum atomic E-state index is -0.811. The molecule has 0 aromatic heterocycles. The van der Waals surface area contributed by atoms with Crippen molar-refractivity contribution in [2.24, 2.45) is 0 Å². The number of carboxylic acids is 1. The van der Waals surface area contributed by atoms with Crippen LogP contribution in [0.4, 0.5) is 0 Å². The average molecular weight is 419 g/mol. The summed E-state index contributed by atoms with van der Waals surface area (Å²) in [7, 11) is 1.66. The Balaban J connectivity index is 2.05. The van der Waals surface area contributed by atoms with E-state index in [-0.39, 0.29) is 6.54 Å². The summed E-state index contributed by atoms with van der Waals surface area (Å²) in [5.74, 6) is -0.00761. The topological polar surface area (TPSA) is 61.8 Å². The number of likely N-dealkylation sites (N-methyl/N-ethyl adjacent to an activating group) is 1. The second-order valence-corrected chi connectivity index (χ2v) is 7.40. The van der Waals surface area contributed by atoms with E-state index in [4.69, 9.17) is 4.74 Å². The van der Waals surface area contributed by atoms with Gasteiger partial charge >= 0.3 is 5.97 Å². The maximum absolute atomic E-state index is 11.2. The minimum absolute atomic E-state index is 0.0321. The van der Waals surface area contributed by atoms with Gasteiger partial charge in [-0.15, -0.1) is 0 Å². The van der Waals surface area contributed by atoms with Crippen LogP contribution < -0.4 is 10.1 Å². The summed E-state index contributed by atoms with van der Waals surface area (Å²) in [5.41, 5.74) is 2.74. The zero-order chi connectivity index (χ0) is 22.1. The van der Waals surface area contributed by atoms with E-state index >= 15 is 0 Å². The molecule has 0 atom stereocenters. The van der Waals surface area contributed by atoms with Crippen molar-refractivity contribution in [3.63, 3.8) is 0 Å². The van der Waals surface area contributed by atoms with E-state index in [2.05, 4.69) is 41.7 Å². The van der Waals surface area contributed by atoms with Crippen LogP contribution in [0.15, 0.2) is 84.9 Å². The lowest BCUT2D eigenvalue weighted by atomic mass is 9.77. The van der Waals surface area contributed by atoms with Crippen LogP contribution in [0.2, 0.25) is 0 Å². The highest BCUT2D eigenvalue weighted by Gasteiger charge is 2.35. The van der Waals surface area contributed by atoms with E-state index < -0.39 is 11.5 Å². The second-order valence-electron chi connectivity index (χ2n) is 7.40. The largest absolute Gasteiger partial charge is 0.497 e. The van der Waals surface area contributed by atoms with Crippen LogP contribution in [-0.2, 0) is 10.3 Å². The lowest BCUT2D eigenvalue weighted by Gasteiger charge is -2.38. The van der Waals surface area contributed by atoms with Gasteiger partial charge in [-0.1, -0.05) is 79.7 Å². The Bertz CT molecular complexity index is 904. The lowest BCUT2D eigenvalue weighted by Crippen LogP contribution is -2.48. The normalized spacial score (nSPS) is 11.5. The molecule has 2 N–H and O–H groups in total. The number of rotatable bonds is 11. The maximum Gasteiger partial charge on any atom is 0.317 e. The van der Waals surface area contributed by atoms with Crippen LogP contribution >= 0.6 is 0 Å². The predicted octanol–water partition coefficient (Wildman–Crippen LogP) is 3.98. The molecule has 0 heterocycles. The average Bonchev–Trinajstić information content (AvgIpc) is 2.82. The molecular formula is C26H30N2O3. The molecule has 31 heavy (non-hydrogen) atoms. The van der Waals surface area contributed by atoms with Gasteiger partial charge in [0.05, 0.1) is 19.2 Å². The molecule has 5 nitrogen and oxygen atoms in total. The third-order valence-electron chi connectivity index (χ3n) is 5.56. The molecule has 0 fully saturated rings. The van der Waals surface area contributed by atoms with Crippen molar-refractivity contribution in [2.45, 2.75) is 12.5 Å².